The number of thiazole rings is 1. The minimum absolute atomic E-state index is 0.290. The van der Waals surface area contributed by atoms with Gasteiger partial charge < -0.3 is 5.32 Å². The molecule has 0 saturated heterocycles. The van der Waals surface area contributed by atoms with Crippen LogP contribution >= 0.6 is 11.3 Å². The van der Waals surface area contributed by atoms with E-state index in [0.29, 0.717) is 11.5 Å². The molecule has 0 aliphatic heterocycles. The third kappa shape index (κ3) is 2.86. The van der Waals surface area contributed by atoms with Crippen LogP contribution < -0.4 is 5.32 Å². The van der Waals surface area contributed by atoms with E-state index in [0.717, 1.165) is 21.3 Å². The SMILES string of the molecule is CS(=O)(=O)c1cccc(-c2ccc3nc(NC=O)sc3c2)c1. The first kappa shape index (κ1) is 14.7. The Morgan fingerprint density at radius 3 is 2.64 bits per heavy atom. The fraction of sp³-hybridized carbons (Fsp3) is 0.0667. The van der Waals surface area contributed by atoms with Crippen LogP contribution in [-0.4, -0.2) is 26.1 Å². The average Bonchev–Trinajstić information content (AvgIpc) is 2.88. The van der Waals surface area contributed by atoms with Gasteiger partial charge >= 0.3 is 0 Å². The summed E-state index contributed by atoms with van der Waals surface area (Å²) in [6.07, 6.45) is 1.78. The normalized spacial score (nSPS) is 11.5. The maximum Gasteiger partial charge on any atom is 0.213 e. The molecule has 0 saturated carbocycles. The van der Waals surface area contributed by atoms with Crippen molar-refractivity contribution < 1.29 is 13.2 Å². The zero-order valence-electron chi connectivity index (χ0n) is 11.6. The number of hydrogen-bond acceptors (Lipinski definition) is 5. The molecule has 3 rings (SSSR count). The molecular weight excluding hydrogens is 320 g/mol. The summed E-state index contributed by atoms with van der Waals surface area (Å²) in [5.41, 5.74) is 2.51. The van der Waals surface area contributed by atoms with E-state index in [2.05, 4.69) is 10.3 Å². The van der Waals surface area contributed by atoms with E-state index in [1.54, 1.807) is 18.2 Å². The molecule has 3 aromatic rings. The Balaban J connectivity index is 2.08. The minimum atomic E-state index is -3.24. The molecule has 2 aromatic carbocycles. The number of hydrogen-bond donors (Lipinski definition) is 1. The van der Waals surface area contributed by atoms with Gasteiger partial charge in [0.2, 0.25) is 6.41 Å². The Morgan fingerprint density at radius 1 is 1.14 bits per heavy atom. The summed E-state index contributed by atoms with van der Waals surface area (Å²) in [5.74, 6) is 0. The number of benzene rings is 2. The zero-order chi connectivity index (χ0) is 15.7. The van der Waals surface area contributed by atoms with E-state index in [1.807, 2.05) is 24.3 Å². The van der Waals surface area contributed by atoms with Crippen LogP contribution in [0.5, 0.6) is 0 Å². The fourth-order valence-electron chi connectivity index (χ4n) is 2.12. The molecule has 0 bridgehead atoms. The first-order valence-electron chi connectivity index (χ1n) is 6.38. The predicted octanol–water partition coefficient (Wildman–Crippen LogP) is 2.94. The van der Waals surface area contributed by atoms with Crippen molar-refractivity contribution in [1.29, 1.82) is 0 Å². The lowest BCUT2D eigenvalue weighted by Crippen LogP contribution is -1.96. The summed E-state index contributed by atoms with van der Waals surface area (Å²) in [4.78, 5) is 15.0. The van der Waals surface area contributed by atoms with Crippen LogP contribution in [0.2, 0.25) is 0 Å². The molecule has 1 heterocycles. The van der Waals surface area contributed by atoms with E-state index < -0.39 is 9.84 Å². The van der Waals surface area contributed by atoms with Crippen molar-refractivity contribution in [1.82, 2.24) is 4.98 Å². The highest BCUT2D eigenvalue weighted by Crippen LogP contribution is 2.31. The number of amides is 1. The van der Waals surface area contributed by atoms with Gasteiger partial charge in [0, 0.05) is 6.26 Å². The van der Waals surface area contributed by atoms with Crippen LogP contribution in [0.15, 0.2) is 47.4 Å². The molecule has 0 atom stereocenters. The second-order valence-corrected chi connectivity index (χ2v) is 7.81. The highest BCUT2D eigenvalue weighted by Gasteiger charge is 2.10. The molecule has 112 valence electrons. The molecule has 0 aliphatic carbocycles. The first-order valence-corrected chi connectivity index (χ1v) is 9.09. The van der Waals surface area contributed by atoms with Crippen LogP contribution in [0.25, 0.3) is 21.3 Å². The fourth-order valence-corrected chi connectivity index (χ4v) is 3.65. The largest absolute Gasteiger partial charge is 0.305 e. The topological polar surface area (TPSA) is 76.1 Å². The number of aromatic nitrogens is 1. The van der Waals surface area contributed by atoms with Gasteiger partial charge in [-0.2, -0.15) is 0 Å². The molecule has 1 amide bonds. The van der Waals surface area contributed by atoms with Gasteiger partial charge in [-0.25, -0.2) is 13.4 Å². The van der Waals surface area contributed by atoms with Gasteiger partial charge in [-0.3, -0.25) is 4.79 Å². The van der Waals surface area contributed by atoms with Crippen LogP contribution in [0.4, 0.5) is 5.13 Å². The summed E-state index contributed by atoms with van der Waals surface area (Å²) in [7, 11) is -3.24. The first-order chi connectivity index (χ1) is 10.5. The molecule has 22 heavy (non-hydrogen) atoms. The number of anilines is 1. The van der Waals surface area contributed by atoms with E-state index in [1.165, 1.54) is 17.6 Å². The summed E-state index contributed by atoms with van der Waals surface area (Å²) in [6.45, 7) is 0. The molecule has 0 aliphatic rings. The molecule has 0 fully saturated rings. The maximum atomic E-state index is 11.7. The predicted molar refractivity (Wildman–Crippen MR) is 87.9 cm³/mol. The van der Waals surface area contributed by atoms with Crippen molar-refractivity contribution in [3.05, 3.63) is 42.5 Å². The van der Waals surface area contributed by atoms with E-state index in [-0.39, 0.29) is 4.90 Å². The standard InChI is InChI=1S/C15H12N2O3S2/c1-22(19,20)12-4-2-3-10(7-12)11-5-6-13-14(8-11)21-15(17-13)16-9-18/h2-9H,1H3,(H,16,17,18). The van der Waals surface area contributed by atoms with Crippen molar-refractivity contribution in [2.45, 2.75) is 4.90 Å². The number of carbonyl (C=O) groups is 1. The zero-order valence-corrected chi connectivity index (χ0v) is 13.2. The monoisotopic (exact) mass is 332 g/mol. The van der Waals surface area contributed by atoms with Gasteiger partial charge in [0.05, 0.1) is 15.1 Å². The molecule has 0 unspecified atom stereocenters. The maximum absolute atomic E-state index is 11.7. The van der Waals surface area contributed by atoms with Crippen LogP contribution in [0, 0.1) is 0 Å². The second kappa shape index (κ2) is 5.51. The van der Waals surface area contributed by atoms with Crippen molar-refractivity contribution in [2.75, 3.05) is 11.6 Å². The van der Waals surface area contributed by atoms with Crippen molar-refractivity contribution >= 4 is 42.9 Å². The van der Waals surface area contributed by atoms with Crippen LogP contribution in [-0.2, 0) is 14.6 Å². The third-order valence-corrected chi connectivity index (χ3v) is 5.23. The number of rotatable bonds is 4. The van der Waals surface area contributed by atoms with E-state index in [9.17, 15) is 13.2 Å². The molecule has 1 N–H and O–H groups in total. The number of carbonyl (C=O) groups excluding carboxylic acids is 1. The van der Waals surface area contributed by atoms with E-state index >= 15 is 0 Å². The summed E-state index contributed by atoms with van der Waals surface area (Å²) in [6, 6.07) is 12.5. The van der Waals surface area contributed by atoms with Crippen molar-refractivity contribution in [2.24, 2.45) is 0 Å². The number of sulfone groups is 1. The number of nitrogens with zero attached hydrogens (tertiary/aromatic N) is 1. The lowest BCUT2D eigenvalue weighted by Gasteiger charge is -2.04. The number of fused-ring (bicyclic) bond motifs is 1. The highest BCUT2D eigenvalue weighted by molar-refractivity contribution is 7.90. The van der Waals surface area contributed by atoms with Gasteiger partial charge in [-0.15, -0.1) is 0 Å². The Kier molecular flexibility index (Phi) is 3.67. The Hall–Kier alpha value is -2.25. The number of nitrogens with one attached hydrogen (secondary N) is 1. The summed E-state index contributed by atoms with van der Waals surface area (Å²) in [5, 5.41) is 3.07. The lowest BCUT2D eigenvalue weighted by molar-refractivity contribution is -0.105. The van der Waals surface area contributed by atoms with Gasteiger partial charge in [0.25, 0.3) is 0 Å². The second-order valence-electron chi connectivity index (χ2n) is 4.76. The van der Waals surface area contributed by atoms with Crippen LogP contribution in [0.1, 0.15) is 0 Å². The smallest absolute Gasteiger partial charge is 0.213 e. The van der Waals surface area contributed by atoms with Gasteiger partial charge in [-0.1, -0.05) is 29.5 Å². The van der Waals surface area contributed by atoms with Gasteiger partial charge in [-0.05, 0) is 35.4 Å². The molecule has 5 nitrogen and oxygen atoms in total. The lowest BCUT2D eigenvalue weighted by atomic mass is 10.1. The molecular formula is C15H12N2O3S2. The Labute approximate surface area is 131 Å². The van der Waals surface area contributed by atoms with E-state index in [4.69, 9.17) is 0 Å². The molecule has 1 aromatic heterocycles. The average molecular weight is 332 g/mol. The molecule has 7 heteroatoms. The summed E-state index contributed by atoms with van der Waals surface area (Å²) < 4.78 is 24.2. The van der Waals surface area contributed by atoms with Crippen molar-refractivity contribution in [3.63, 3.8) is 0 Å². The molecule has 0 radical (unpaired) electrons. The molecule has 0 spiro atoms. The Morgan fingerprint density at radius 2 is 1.91 bits per heavy atom. The van der Waals surface area contributed by atoms with Crippen LogP contribution in [0.3, 0.4) is 0 Å². The van der Waals surface area contributed by atoms with Gasteiger partial charge in [0.15, 0.2) is 15.0 Å². The third-order valence-electron chi connectivity index (χ3n) is 3.17. The Bertz CT molecular complexity index is 962. The minimum Gasteiger partial charge on any atom is -0.305 e. The summed E-state index contributed by atoms with van der Waals surface area (Å²) >= 11 is 1.37. The van der Waals surface area contributed by atoms with Gasteiger partial charge in [0.1, 0.15) is 0 Å². The van der Waals surface area contributed by atoms with Crippen molar-refractivity contribution in [3.8, 4) is 11.1 Å². The highest BCUT2D eigenvalue weighted by atomic mass is 32.2. The quantitative estimate of drug-likeness (QED) is 0.745.